The van der Waals surface area contributed by atoms with Gasteiger partial charge in [0.15, 0.2) is 11.5 Å². The van der Waals surface area contributed by atoms with Crippen LogP contribution in [0.1, 0.15) is 28.2 Å². The van der Waals surface area contributed by atoms with Gasteiger partial charge in [-0.2, -0.15) is 13.2 Å². The van der Waals surface area contributed by atoms with E-state index in [1.54, 1.807) is 0 Å². The van der Waals surface area contributed by atoms with E-state index >= 15 is 0 Å². The molecule has 0 saturated carbocycles. The summed E-state index contributed by atoms with van der Waals surface area (Å²) in [6.45, 7) is 1.66. The van der Waals surface area contributed by atoms with Crippen molar-refractivity contribution in [2.45, 2.75) is 19.2 Å². The second-order valence-corrected chi connectivity index (χ2v) is 5.93. The highest BCUT2D eigenvalue weighted by molar-refractivity contribution is 5.92. The van der Waals surface area contributed by atoms with Gasteiger partial charge in [-0.15, -0.1) is 0 Å². The summed E-state index contributed by atoms with van der Waals surface area (Å²) in [6, 6.07) is 5.91. The molecule has 9 heteroatoms. The van der Waals surface area contributed by atoms with E-state index in [-0.39, 0.29) is 35.6 Å². The molecule has 1 aromatic heterocycles. The number of ether oxygens (including phenoxy) is 2. The highest BCUT2D eigenvalue weighted by atomic mass is 19.4. The monoisotopic (exact) mass is 370 g/mol. The Morgan fingerprint density at radius 1 is 1.35 bits per heavy atom. The summed E-state index contributed by atoms with van der Waals surface area (Å²) >= 11 is 0. The molecular weight excluding hydrogens is 353 g/mol. The fourth-order valence-corrected chi connectivity index (χ4v) is 2.48. The Kier molecular flexibility index (Phi) is 5.46. The number of aromatic nitrogens is 1. The minimum absolute atomic E-state index is 0.0449. The summed E-state index contributed by atoms with van der Waals surface area (Å²) in [5.41, 5.74) is -0.713. The number of alkyl halides is 3. The van der Waals surface area contributed by atoms with Crippen molar-refractivity contribution in [2.24, 2.45) is 5.92 Å². The van der Waals surface area contributed by atoms with E-state index < -0.39 is 11.7 Å². The van der Waals surface area contributed by atoms with Gasteiger partial charge in [-0.1, -0.05) is 11.2 Å². The number of halogens is 3. The number of carbonyl (C=O) groups is 1. The van der Waals surface area contributed by atoms with Crippen LogP contribution >= 0.6 is 0 Å². The van der Waals surface area contributed by atoms with Gasteiger partial charge in [-0.25, -0.2) is 0 Å². The molecule has 1 fully saturated rings. The number of nitrogens with zero attached hydrogens (tertiary/aromatic N) is 1. The molecule has 1 amide bonds. The molecule has 1 unspecified atom stereocenters. The van der Waals surface area contributed by atoms with Gasteiger partial charge in [0.2, 0.25) is 0 Å². The molecule has 3 rings (SSSR count). The van der Waals surface area contributed by atoms with Gasteiger partial charge in [-0.05, 0) is 24.6 Å². The summed E-state index contributed by atoms with van der Waals surface area (Å²) < 4.78 is 53.5. The SMILES string of the molecule is O=C(NCC1CCOC1)c1cc(COc2cccc(C(F)(F)F)c2)on1. The molecule has 2 heterocycles. The van der Waals surface area contributed by atoms with Gasteiger partial charge in [-0.3, -0.25) is 4.79 Å². The Hall–Kier alpha value is -2.55. The summed E-state index contributed by atoms with van der Waals surface area (Å²) in [6.07, 6.45) is -3.55. The minimum Gasteiger partial charge on any atom is -0.486 e. The first-order valence-electron chi connectivity index (χ1n) is 8.03. The van der Waals surface area contributed by atoms with E-state index in [9.17, 15) is 18.0 Å². The average Bonchev–Trinajstić information content (AvgIpc) is 3.29. The second-order valence-electron chi connectivity index (χ2n) is 5.93. The molecule has 0 spiro atoms. The molecule has 0 aliphatic carbocycles. The Balaban J connectivity index is 1.52. The van der Waals surface area contributed by atoms with Crippen molar-refractivity contribution in [3.63, 3.8) is 0 Å². The fraction of sp³-hybridized carbons (Fsp3) is 0.412. The molecule has 1 atom stereocenters. The van der Waals surface area contributed by atoms with Crippen LogP contribution in [0.4, 0.5) is 13.2 Å². The summed E-state index contributed by atoms with van der Waals surface area (Å²) in [5, 5.41) is 6.40. The van der Waals surface area contributed by atoms with Crippen molar-refractivity contribution in [3.05, 3.63) is 47.3 Å². The lowest BCUT2D eigenvalue weighted by Gasteiger charge is -2.09. The highest BCUT2D eigenvalue weighted by Crippen LogP contribution is 2.31. The van der Waals surface area contributed by atoms with E-state index in [1.807, 2.05) is 0 Å². The van der Waals surface area contributed by atoms with E-state index in [1.165, 1.54) is 18.2 Å². The molecule has 1 aliphatic rings. The first-order valence-corrected chi connectivity index (χ1v) is 8.03. The number of benzene rings is 1. The third kappa shape index (κ3) is 4.75. The normalized spacial score (nSPS) is 17.3. The van der Waals surface area contributed by atoms with Crippen LogP contribution in [-0.4, -0.2) is 30.8 Å². The standard InChI is InChI=1S/C17H17F3N2O4/c18-17(19,20)12-2-1-3-13(6-12)25-10-14-7-15(22-26-14)16(23)21-8-11-4-5-24-9-11/h1-3,6-7,11H,4-5,8-10H2,(H,21,23). The maximum Gasteiger partial charge on any atom is 0.416 e. The lowest BCUT2D eigenvalue weighted by atomic mass is 10.1. The first kappa shape index (κ1) is 18.2. The maximum atomic E-state index is 12.7. The Labute approximate surface area is 147 Å². The highest BCUT2D eigenvalue weighted by Gasteiger charge is 2.30. The molecule has 2 aromatic rings. The van der Waals surface area contributed by atoms with Crippen molar-refractivity contribution >= 4 is 5.91 Å². The zero-order chi connectivity index (χ0) is 18.6. The van der Waals surface area contributed by atoms with Crippen molar-refractivity contribution in [2.75, 3.05) is 19.8 Å². The number of amides is 1. The fourth-order valence-electron chi connectivity index (χ4n) is 2.48. The summed E-state index contributed by atoms with van der Waals surface area (Å²) in [5.74, 6) is 0.181. The zero-order valence-electron chi connectivity index (χ0n) is 13.7. The molecule has 1 aromatic carbocycles. The van der Waals surface area contributed by atoms with Crippen LogP contribution in [0.2, 0.25) is 0 Å². The van der Waals surface area contributed by atoms with Crippen LogP contribution in [0.15, 0.2) is 34.9 Å². The maximum absolute atomic E-state index is 12.7. The van der Waals surface area contributed by atoms with Crippen LogP contribution in [0.3, 0.4) is 0 Å². The lowest BCUT2D eigenvalue weighted by Crippen LogP contribution is -2.29. The Morgan fingerprint density at radius 2 is 2.19 bits per heavy atom. The van der Waals surface area contributed by atoms with Crippen molar-refractivity contribution in [3.8, 4) is 5.75 Å². The number of carbonyl (C=O) groups excluding carboxylic acids is 1. The third-order valence-corrected chi connectivity index (χ3v) is 3.91. The van der Waals surface area contributed by atoms with E-state index in [4.69, 9.17) is 14.0 Å². The quantitative estimate of drug-likeness (QED) is 0.846. The topological polar surface area (TPSA) is 73.6 Å². The van der Waals surface area contributed by atoms with Crippen molar-refractivity contribution < 1.29 is 32.0 Å². The molecule has 1 aliphatic heterocycles. The van der Waals surface area contributed by atoms with Crippen molar-refractivity contribution in [1.29, 1.82) is 0 Å². The van der Waals surface area contributed by atoms with Gasteiger partial charge in [0.05, 0.1) is 12.2 Å². The lowest BCUT2D eigenvalue weighted by molar-refractivity contribution is -0.137. The largest absolute Gasteiger partial charge is 0.486 e. The van der Waals surface area contributed by atoms with E-state index in [0.717, 1.165) is 18.6 Å². The van der Waals surface area contributed by atoms with Crippen LogP contribution in [0, 0.1) is 5.92 Å². The van der Waals surface area contributed by atoms with E-state index in [0.29, 0.717) is 19.8 Å². The van der Waals surface area contributed by atoms with Crippen LogP contribution in [0.25, 0.3) is 0 Å². The zero-order valence-corrected chi connectivity index (χ0v) is 13.7. The van der Waals surface area contributed by atoms with Gasteiger partial charge in [0.25, 0.3) is 5.91 Å². The van der Waals surface area contributed by atoms with Crippen LogP contribution in [-0.2, 0) is 17.5 Å². The van der Waals surface area contributed by atoms with Crippen LogP contribution < -0.4 is 10.1 Å². The predicted molar refractivity (Wildman–Crippen MR) is 83.5 cm³/mol. The molecule has 0 radical (unpaired) electrons. The minimum atomic E-state index is -4.44. The van der Waals surface area contributed by atoms with Gasteiger partial charge >= 0.3 is 6.18 Å². The summed E-state index contributed by atoms with van der Waals surface area (Å²) in [7, 11) is 0. The number of hydrogen-bond acceptors (Lipinski definition) is 5. The molecule has 0 bridgehead atoms. The molecule has 26 heavy (non-hydrogen) atoms. The van der Waals surface area contributed by atoms with Crippen molar-refractivity contribution in [1.82, 2.24) is 10.5 Å². The molecule has 140 valence electrons. The molecule has 1 N–H and O–H groups in total. The van der Waals surface area contributed by atoms with Gasteiger partial charge in [0.1, 0.15) is 12.4 Å². The van der Waals surface area contributed by atoms with E-state index in [2.05, 4.69) is 10.5 Å². The predicted octanol–water partition coefficient (Wildman–Crippen LogP) is 3.04. The molecule has 6 nitrogen and oxygen atoms in total. The van der Waals surface area contributed by atoms with Gasteiger partial charge < -0.3 is 19.3 Å². The molecular formula is C17H17F3N2O4. The van der Waals surface area contributed by atoms with Crippen LogP contribution in [0.5, 0.6) is 5.75 Å². The number of hydrogen-bond donors (Lipinski definition) is 1. The van der Waals surface area contributed by atoms with Gasteiger partial charge in [0, 0.05) is 25.1 Å². The Bertz CT molecular complexity index is 754. The smallest absolute Gasteiger partial charge is 0.416 e. The third-order valence-electron chi connectivity index (χ3n) is 3.91. The second kappa shape index (κ2) is 7.77. The number of nitrogens with one attached hydrogen (secondary N) is 1. The Morgan fingerprint density at radius 3 is 2.92 bits per heavy atom. The summed E-state index contributed by atoms with van der Waals surface area (Å²) in [4.78, 5) is 12.0. The molecule has 1 saturated heterocycles. The first-order chi connectivity index (χ1) is 12.4. The number of rotatable bonds is 6. The average molecular weight is 370 g/mol.